The van der Waals surface area contributed by atoms with E-state index in [0.717, 1.165) is 6.21 Å². The molecule has 7 heteroatoms. The summed E-state index contributed by atoms with van der Waals surface area (Å²) < 4.78 is 10.4. The largest absolute Gasteiger partial charge is 0.630 e. The SMILES string of the molecule is C=C/C=[N+](/[O-])c1c([NH2+][O-])cccc1OCC(=O)OCC. The van der Waals surface area contributed by atoms with E-state index < -0.39 is 5.97 Å². The lowest BCUT2D eigenvalue weighted by Crippen LogP contribution is -2.70. The summed E-state index contributed by atoms with van der Waals surface area (Å²) in [6.07, 6.45) is 2.42. The van der Waals surface area contributed by atoms with Crippen molar-refractivity contribution in [3.05, 3.63) is 41.3 Å². The molecule has 0 aromatic heterocycles. The smallest absolute Gasteiger partial charge is 0.344 e. The van der Waals surface area contributed by atoms with Crippen LogP contribution in [0.15, 0.2) is 30.9 Å². The van der Waals surface area contributed by atoms with Crippen LogP contribution in [0.5, 0.6) is 5.75 Å². The third kappa shape index (κ3) is 4.08. The molecule has 0 bridgehead atoms. The van der Waals surface area contributed by atoms with Gasteiger partial charge < -0.3 is 25.4 Å². The third-order valence-corrected chi connectivity index (χ3v) is 2.27. The summed E-state index contributed by atoms with van der Waals surface area (Å²) in [6.45, 7) is 4.98. The predicted molar refractivity (Wildman–Crippen MR) is 73.1 cm³/mol. The fourth-order valence-electron chi connectivity index (χ4n) is 1.50. The van der Waals surface area contributed by atoms with Gasteiger partial charge in [-0.05, 0) is 19.1 Å². The van der Waals surface area contributed by atoms with E-state index in [-0.39, 0.29) is 30.3 Å². The second-order valence-corrected chi connectivity index (χ2v) is 3.62. The molecule has 1 rings (SSSR count). The van der Waals surface area contributed by atoms with E-state index in [2.05, 4.69) is 6.58 Å². The fourth-order valence-corrected chi connectivity index (χ4v) is 1.50. The van der Waals surface area contributed by atoms with Gasteiger partial charge >= 0.3 is 11.7 Å². The molecule has 0 amide bonds. The highest BCUT2D eigenvalue weighted by Gasteiger charge is 2.20. The summed E-state index contributed by atoms with van der Waals surface area (Å²) in [5.74, 6) is -0.434. The van der Waals surface area contributed by atoms with Gasteiger partial charge in [-0.3, -0.25) is 0 Å². The van der Waals surface area contributed by atoms with Gasteiger partial charge in [0.1, 0.15) is 0 Å². The molecule has 0 aliphatic carbocycles. The molecule has 0 fully saturated rings. The van der Waals surface area contributed by atoms with Crippen LogP contribution in [0, 0.1) is 10.4 Å². The monoisotopic (exact) mass is 280 g/mol. The van der Waals surface area contributed by atoms with Gasteiger partial charge in [-0.15, -0.1) is 0 Å². The third-order valence-electron chi connectivity index (χ3n) is 2.27. The van der Waals surface area contributed by atoms with Crippen LogP contribution >= 0.6 is 0 Å². The van der Waals surface area contributed by atoms with Crippen LogP contribution in [0.1, 0.15) is 6.92 Å². The van der Waals surface area contributed by atoms with E-state index in [1.54, 1.807) is 13.0 Å². The van der Waals surface area contributed by atoms with Crippen molar-refractivity contribution in [2.75, 3.05) is 13.2 Å². The quantitative estimate of drug-likeness (QED) is 0.198. The van der Waals surface area contributed by atoms with Crippen LogP contribution in [0.2, 0.25) is 0 Å². The lowest BCUT2D eigenvalue weighted by molar-refractivity contribution is -0.505. The van der Waals surface area contributed by atoms with E-state index in [4.69, 9.17) is 9.47 Å². The number of carbonyl (C=O) groups excluding carboxylic acids is 1. The Bertz CT molecular complexity index is 513. The van der Waals surface area contributed by atoms with E-state index >= 15 is 0 Å². The first-order valence-electron chi connectivity index (χ1n) is 5.92. The number of quaternary nitrogens is 1. The van der Waals surface area contributed by atoms with Crippen LogP contribution in [0.3, 0.4) is 0 Å². The van der Waals surface area contributed by atoms with Crippen molar-refractivity contribution in [1.29, 1.82) is 0 Å². The Hall–Kier alpha value is -2.38. The summed E-state index contributed by atoms with van der Waals surface area (Å²) in [5, 5.41) is 22.8. The van der Waals surface area contributed by atoms with Crippen molar-refractivity contribution in [2.24, 2.45) is 0 Å². The lowest BCUT2D eigenvalue weighted by atomic mass is 10.2. The summed E-state index contributed by atoms with van der Waals surface area (Å²) >= 11 is 0. The first kappa shape index (κ1) is 15.7. The summed E-state index contributed by atoms with van der Waals surface area (Å²) in [5.41, 5.74) is 0.708. The first-order valence-corrected chi connectivity index (χ1v) is 5.92. The van der Waals surface area contributed by atoms with Gasteiger partial charge in [0.05, 0.1) is 6.61 Å². The number of nitrogens with two attached hydrogens (primary N) is 1. The molecule has 0 aliphatic rings. The molecule has 0 saturated heterocycles. The molecule has 1 aromatic carbocycles. The van der Waals surface area contributed by atoms with E-state index in [1.807, 2.05) is 0 Å². The number of ether oxygens (including phenoxy) is 2. The topological polar surface area (TPSA) is 101 Å². The summed E-state index contributed by atoms with van der Waals surface area (Å²) in [6, 6.07) is 4.51. The molecule has 108 valence electrons. The van der Waals surface area contributed by atoms with Crippen molar-refractivity contribution in [2.45, 2.75) is 6.92 Å². The number of para-hydroxylation sites is 1. The molecule has 0 heterocycles. The molecule has 0 radical (unpaired) electrons. The van der Waals surface area contributed by atoms with Gasteiger partial charge in [0.25, 0.3) is 0 Å². The molecule has 7 nitrogen and oxygen atoms in total. The number of benzene rings is 1. The Kier molecular flexibility index (Phi) is 6.21. The number of hydrogen-bond acceptors (Lipinski definition) is 5. The average Bonchev–Trinajstić information content (AvgIpc) is 2.45. The molecule has 0 spiro atoms. The highest BCUT2D eigenvalue weighted by molar-refractivity contribution is 5.73. The Morgan fingerprint density at radius 1 is 1.55 bits per heavy atom. The normalized spacial score (nSPS) is 11.0. The minimum absolute atomic E-state index is 0.0201. The van der Waals surface area contributed by atoms with E-state index in [0.29, 0.717) is 10.2 Å². The van der Waals surface area contributed by atoms with Crippen LogP contribution in [0.4, 0.5) is 11.4 Å². The minimum atomic E-state index is -0.555. The second-order valence-electron chi connectivity index (χ2n) is 3.62. The van der Waals surface area contributed by atoms with Crippen LogP contribution in [0.25, 0.3) is 0 Å². The second kappa shape index (κ2) is 7.93. The molecule has 1 aromatic rings. The number of allylic oxidation sites excluding steroid dienone is 1. The van der Waals surface area contributed by atoms with Gasteiger partial charge in [0.15, 0.2) is 18.6 Å². The average molecular weight is 280 g/mol. The van der Waals surface area contributed by atoms with Gasteiger partial charge in [0.2, 0.25) is 5.69 Å². The Balaban J connectivity index is 3.03. The molecule has 20 heavy (non-hydrogen) atoms. The lowest BCUT2D eigenvalue weighted by Gasteiger charge is -2.12. The van der Waals surface area contributed by atoms with Crippen molar-refractivity contribution < 1.29 is 24.5 Å². The number of nitrogens with zero attached hydrogens (tertiary/aromatic N) is 1. The van der Waals surface area contributed by atoms with Gasteiger partial charge in [-0.25, -0.2) is 4.79 Å². The van der Waals surface area contributed by atoms with Gasteiger partial charge in [-0.2, -0.15) is 4.74 Å². The number of carbonyl (C=O) groups is 1. The minimum Gasteiger partial charge on any atom is -0.630 e. The van der Waals surface area contributed by atoms with Crippen LogP contribution in [-0.2, 0) is 9.53 Å². The molecular weight excluding hydrogens is 264 g/mol. The summed E-state index contributed by atoms with van der Waals surface area (Å²) in [7, 11) is 0. The molecule has 0 unspecified atom stereocenters. The van der Waals surface area contributed by atoms with Gasteiger partial charge in [-0.1, -0.05) is 12.6 Å². The van der Waals surface area contributed by atoms with E-state index in [9.17, 15) is 15.2 Å². The van der Waals surface area contributed by atoms with Crippen molar-refractivity contribution >= 4 is 23.6 Å². The Labute approximate surface area is 116 Å². The zero-order chi connectivity index (χ0) is 15.0. The predicted octanol–water partition coefficient (Wildman–Crippen LogP) is 0.720. The zero-order valence-corrected chi connectivity index (χ0v) is 11.1. The van der Waals surface area contributed by atoms with Crippen LogP contribution in [-0.4, -0.2) is 30.1 Å². The molecule has 0 atom stereocenters. The maximum atomic E-state index is 11.9. The Morgan fingerprint density at radius 3 is 2.90 bits per heavy atom. The Morgan fingerprint density at radius 2 is 2.30 bits per heavy atom. The number of esters is 1. The first-order chi connectivity index (χ1) is 9.63. The molecule has 2 N–H and O–H groups in total. The standard InChI is InChI=1S/C13H16N2O5/c1-3-8-15(18)13-10(14-17)6-5-7-11(13)20-9-12(16)19-4-2/h3,5-8H,1,4,9,14H2,2H3/b15-8+. The highest BCUT2D eigenvalue weighted by Crippen LogP contribution is 2.32. The van der Waals surface area contributed by atoms with Gasteiger partial charge in [0, 0.05) is 6.07 Å². The number of rotatable bonds is 7. The van der Waals surface area contributed by atoms with Crippen molar-refractivity contribution in [1.82, 2.24) is 0 Å². The fraction of sp³-hybridized carbons (Fsp3) is 0.231. The number of hydrogen-bond donors (Lipinski definition) is 1. The van der Waals surface area contributed by atoms with E-state index in [1.165, 1.54) is 18.2 Å². The molecular formula is C13H16N2O5. The molecule has 0 saturated carbocycles. The molecule has 0 aliphatic heterocycles. The highest BCUT2D eigenvalue weighted by atomic mass is 16.6. The maximum Gasteiger partial charge on any atom is 0.344 e. The van der Waals surface area contributed by atoms with Crippen molar-refractivity contribution in [3.63, 3.8) is 0 Å². The zero-order valence-electron chi connectivity index (χ0n) is 11.1. The van der Waals surface area contributed by atoms with Crippen LogP contribution < -0.4 is 10.2 Å². The maximum absolute atomic E-state index is 11.9. The summed E-state index contributed by atoms with van der Waals surface area (Å²) in [4.78, 5) is 11.2. The van der Waals surface area contributed by atoms with Crippen molar-refractivity contribution in [3.8, 4) is 5.75 Å².